The van der Waals surface area contributed by atoms with E-state index in [4.69, 9.17) is 0 Å². The van der Waals surface area contributed by atoms with E-state index < -0.39 is 37.4 Å². The van der Waals surface area contributed by atoms with Gasteiger partial charge in [0.15, 0.2) is 0 Å². The molecule has 3 aromatic carbocycles. The Morgan fingerprint density at radius 3 is 2.00 bits per heavy atom. The summed E-state index contributed by atoms with van der Waals surface area (Å²) in [5.74, 6) is -0.731. The zero-order chi connectivity index (χ0) is 27.2. The van der Waals surface area contributed by atoms with E-state index in [1.54, 1.807) is 19.9 Å². The molecule has 37 heavy (non-hydrogen) atoms. The van der Waals surface area contributed by atoms with Crippen LogP contribution in [0.4, 0.5) is 17.1 Å². The smallest absolute Gasteiger partial charge is 0.271 e. The molecule has 0 aromatic heterocycles. The van der Waals surface area contributed by atoms with Crippen molar-refractivity contribution in [2.24, 2.45) is 0 Å². The van der Waals surface area contributed by atoms with Crippen LogP contribution in [-0.2, 0) is 24.8 Å². The Hall–Kier alpha value is -3.81. The van der Waals surface area contributed by atoms with Crippen molar-refractivity contribution in [2.45, 2.75) is 23.6 Å². The number of hydrogen-bond donors (Lipinski definition) is 1. The lowest BCUT2D eigenvalue weighted by molar-refractivity contribution is -0.384. The number of rotatable bonds is 11. The molecule has 0 aliphatic carbocycles. The quantitative estimate of drug-likeness (QED) is 0.286. The van der Waals surface area contributed by atoms with Gasteiger partial charge in [0, 0.05) is 30.9 Å². The Labute approximate surface area is 215 Å². The SMILES string of the molecule is CCN(CC)S(=O)(=O)c1ccc(NC(=O)CN(c2cccc([N+](=O)[O-])c2)S(=O)(=O)c2ccccc2)cc1. The molecule has 0 saturated carbocycles. The first-order valence-electron chi connectivity index (χ1n) is 11.2. The van der Waals surface area contributed by atoms with E-state index in [1.165, 1.54) is 71.0 Å². The first kappa shape index (κ1) is 27.8. The lowest BCUT2D eigenvalue weighted by Crippen LogP contribution is -2.38. The summed E-state index contributed by atoms with van der Waals surface area (Å²) >= 11 is 0. The van der Waals surface area contributed by atoms with Crippen LogP contribution in [-0.4, -0.2) is 51.6 Å². The molecule has 1 amide bonds. The summed E-state index contributed by atoms with van der Waals surface area (Å²) in [5, 5.41) is 13.8. The third kappa shape index (κ3) is 6.31. The monoisotopic (exact) mass is 546 g/mol. The molecule has 0 aliphatic rings. The molecule has 3 rings (SSSR count). The van der Waals surface area contributed by atoms with Crippen LogP contribution in [0.2, 0.25) is 0 Å². The van der Waals surface area contributed by atoms with E-state index in [9.17, 15) is 31.7 Å². The summed E-state index contributed by atoms with van der Waals surface area (Å²) in [4.78, 5) is 23.4. The number of benzene rings is 3. The summed E-state index contributed by atoms with van der Waals surface area (Å²) in [6.07, 6.45) is 0. The van der Waals surface area contributed by atoms with Crippen molar-refractivity contribution in [3.63, 3.8) is 0 Å². The molecule has 0 atom stereocenters. The summed E-state index contributed by atoms with van der Waals surface area (Å²) in [6.45, 7) is 3.39. The van der Waals surface area contributed by atoms with Crippen LogP contribution in [0.3, 0.4) is 0 Å². The highest BCUT2D eigenvalue weighted by Crippen LogP contribution is 2.27. The molecular formula is C24H26N4O7S2. The second-order valence-corrected chi connectivity index (χ2v) is 11.6. The van der Waals surface area contributed by atoms with Crippen molar-refractivity contribution >= 4 is 43.0 Å². The fraction of sp³-hybridized carbons (Fsp3) is 0.208. The number of nitro benzene ring substituents is 1. The molecule has 0 fully saturated rings. The van der Waals surface area contributed by atoms with Crippen molar-refractivity contribution in [3.8, 4) is 0 Å². The van der Waals surface area contributed by atoms with Gasteiger partial charge >= 0.3 is 0 Å². The molecule has 0 bridgehead atoms. The van der Waals surface area contributed by atoms with Gasteiger partial charge in [0.05, 0.1) is 20.4 Å². The molecule has 11 nitrogen and oxygen atoms in total. The lowest BCUT2D eigenvalue weighted by Gasteiger charge is -2.24. The Morgan fingerprint density at radius 1 is 0.838 bits per heavy atom. The van der Waals surface area contributed by atoms with Crippen molar-refractivity contribution < 1.29 is 26.6 Å². The minimum atomic E-state index is -4.26. The Balaban J connectivity index is 1.89. The number of nitro groups is 1. The van der Waals surface area contributed by atoms with Crippen LogP contribution in [0, 0.1) is 10.1 Å². The van der Waals surface area contributed by atoms with Crippen LogP contribution >= 0.6 is 0 Å². The van der Waals surface area contributed by atoms with Crippen LogP contribution in [0.1, 0.15) is 13.8 Å². The van der Waals surface area contributed by atoms with E-state index in [-0.39, 0.29) is 26.9 Å². The third-order valence-electron chi connectivity index (χ3n) is 5.43. The van der Waals surface area contributed by atoms with E-state index in [2.05, 4.69) is 5.32 Å². The number of non-ortho nitro benzene ring substituents is 1. The predicted molar refractivity (Wildman–Crippen MR) is 139 cm³/mol. The van der Waals surface area contributed by atoms with Gasteiger partial charge in [-0.05, 0) is 42.5 Å². The van der Waals surface area contributed by atoms with Gasteiger partial charge < -0.3 is 5.32 Å². The molecule has 0 saturated heterocycles. The average molecular weight is 547 g/mol. The molecule has 0 aliphatic heterocycles. The molecule has 1 N–H and O–H groups in total. The molecule has 196 valence electrons. The minimum absolute atomic E-state index is 0.0547. The van der Waals surface area contributed by atoms with Crippen LogP contribution in [0.25, 0.3) is 0 Å². The normalized spacial score (nSPS) is 11.8. The Bertz CT molecular complexity index is 1470. The van der Waals surface area contributed by atoms with Gasteiger partial charge in [-0.15, -0.1) is 0 Å². The fourth-order valence-electron chi connectivity index (χ4n) is 3.55. The summed E-state index contributed by atoms with van der Waals surface area (Å²) in [5.41, 5.74) is -0.148. The van der Waals surface area contributed by atoms with Gasteiger partial charge in [0.2, 0.25) is 15.9 Å². The molecule has 0 heterocycles. The molecule has 3 aromatic rings. The highest BCUT2D eigenvalue weighted by Gasteiger charge is 2.28. The first-order valence-corrected chi connectivity index (χ1v) is 14.1. The van der Waals surface area contributed by atoms with Gasteiger partial charge in [0.1, 0.15) is 6.54 Å². The van der Waals surface area contributed by atoms with Gasteiger partial charge in [0.25, 0.3) is 15.7 Å². The van der Waals surface area contributed by atoms with Crippen molar-refractivity contribution in [3.05, 3.63) is 89.0 Å². The van der Waals surface area contributed by atoms with E-state index in [1.807, 2.05) is 0 Å². The lowest BCUT2D eigenvalue weighted by atomic mass is 10.3. The molecule has 0 unspecified atom stereocenters. The number of amides is 1. The summed E-state index contributed by atoms with van der Waals surface area (Å²) < 4.78 is 54.2. The second-order valence-electron chi connectivity index (χ2n) is 7.76. The Kier molecular flexibility index (Phi) is 8.63. The van der Waals surface area contributed by atoms with E-state index in [0.717, 1.165) is 10.4 Å². The predicted octanol–water partition coefficient (Wildman–Crippen LogP) is 3.46. The molecule has 0 radical (unpaired) electrons. The number of anilines is 2. The highest BCUT2D eigenvalue weighted by molar-refractivity contribution is 7.92. The van der Waals surface area contributed by atoms with Crippen LogP contribution in [0.15, 0.2) is 88.7 Å². The van der Waals surface area contributed by atoms with Crippen molar-refractivity contribution in [1.29, 1.82) is 0 Å². The molecule has 13 heteroatoms. The zero-order valence-corrected chi connectivity index (χ0v) is 21.8. The van der Waals surface area contributed by atoms with Gasteiger partial charge in [-0.2, -0.15) is 4.31 Å². The van der Waals surface area contributed by atoms with Gasteiger partial charge in [-0.25, -0.2) is 16.8 Å². The largest absolute Gasteiger partial charge is 0.325 e. The van der Waals surface area contributed by atoms with Gasteiger partial charge in [-0.1, -0.05) is 38.1 Å². The fourth-order valence-corrected chi connectivity index (χ4v) is 6.44. The zero-order valence-electron chi connectivity index (χ0n) is 20.1. The number of sulfonamides is 2. The number of nitrogens with zero attached hydrogens (tertiary/aromatic N) is 3. The van der Waals surface area contributed by atoms with Gasteiger partial charge in [-0.3, -0.25) is 19.2 Å². The maximum absolute atomic E-state index is 13.4. The summed E-state index contributed by atoms with van der Waals surface area (Å²) in [7, 11) is -7.94. The Morgan fingerprint density at radius 2 is 1.43 bits per heavy atom. The number of carbonyl (C=O) groups is 1. The highest BCUT2D eigenvalue weighted by atomic mass is 32.2. The maximum Gasteiger partial charge on any atom is 0.271 e. The summed E-state index contributed by atoms with van der Waals surface area (Å²) in [6, 6.07) is 17.8. The van der Waals surface area contributed by atoms with Crippen molar-refractivity contribution in [2.75, 3.05) is 29.3 Å². The second kappa shape index (κ2) is 11.5. The van der Waals surface area contributed by atoms with E-state index in [0.29, 0.717) is 13.1 Å². The van der Waals surface area contributed by atoms with Crippen LogP contribution < -0.4 is 9.62 Å². The first-order chi connectivity index (χ1) is 17.5. The van der Waals surface area contributed by atoms with Crippen LogP contribution in [0.5, 0.6) is 0 Å². The minimum Gasteiger partial charge on any atom is -0.325 e. The number of nitrogens with one attached hydrogen (secondary N) is 1. The molecule has 0 spiro atoms. The maximum atomic E-state index is 13.4. The average Bonchev–Trinajstić information content (AvgIpc) is 2.88. The third-order valence-corrected chi connectivity index (χ3v) is 9.28. The van der Waals surface area contributed by atoms with E-state index >= 15 is 0 Å². The number of carbonyl (C=O) groups excluding carboxylic acids is 1. The standard InChI is InChI=1S/C24H26N4O7S2/c1-3-26(4-2)36(32,33)23-15-13-19(14-16-23)25-24(29)18-27(20-9-8-10-21(17-20)28(30)31)37(34,35)22-11-6-5-7-12-22/h5-17H,3-4,18H2,1-2H3,(H,25,29). The topological polar surface area (TPSA) is 147 Å². The van der Waals surface area contributed by atoms with Crippen molar-refractivity contribution in [1.82, 2.24) is 4.31 Å². The molecular weight excluding hydrogens is 520 g/mol. The number of hydrogen-bond acceptors (Lipinski definition) is 7.